The first-order valence-electron chi connectivity index (χ1n) is 7.80. The third-order valence-corrected chi connectivity index (χ3v) is 4.77. The minimum Gasteiger partial charge on any atom is -0.495 e. The van der Waals surface area contributed by atoms with Crippen molar-refractivity contribution in [3.05, 3.63) is 15.8 Å². The van der Waals surface area contributed by atoms with Gasteiger partial charge in [0.15, 0.2) is 0 Å². The predicted octanol–water partition coefficient (Wildman–Crippen LogP) is 1.53. The van der Waals surface area contributed by atoms with Crippen LogP contribution in [0.1, 0.15) is 21.0 Å². The topological polar surface area (TPSA) is 60.0 Å². The number of nitrogens with zero attached hydrogens (tertiary/aromatic N) is 1. The van der Waals surface area contributed by atoms with Crippen LogP contribution in [-0.4, -0.2) is 70.5 Å². The summed E-state index contributed by atoms with van der Waals surface area (Å²) in [5.41, 5.74) is 0. The molecule has 1 saturated heterocycles. The quantitative estimate of drug-likeness (QED) is 0.814. The monoisotopic (exact) mass is 342 g/mol. The van der Waals surface area contributed by atoms with Gasteiger partial charge >= 0.3 is 0 Å². The van der Waals surface area contributed by atoms with E-state index >= 15 is 0 Å². The van der Waals surface area contributed by atoms with Crippen LogP contribution in [0.5, 0.6) is 5.75 Å². The maximum atomic E-state index is 12.5. The number of rotatable bonds is 7. The van der Waals surface area contributed by atoms with Gasteiger partial charge in [-0.1, -0.05) is 0 Å². The average molecular weight is 342 g/mol. The van der Waals surface area contributed by atoms with Crippen LogP contribution < -0.4 is 10.1 Å². The molecule has 0 saturated carbocycles. The fraction of sp³-hybridized carbons (Fsp3) is 0.688. The van der Waals surface area contributed by atoms with E-state index in [0.717, 1.165) is 17.8 Å². The van der Waals surface area contributed by atoms with Crippen LogP contribution in [0.4, 0.5) is 0 Å². The van der Waals surface area contributed by atoms with Gasteiger partial charge in [0.25, 0.3) is 5.91 Å². The van der Waals surface area contributed by atoms with Crippen molar-refractivity contribution in [1.29, 1.82) is 0 Å². The summed E-state index contributed by atoms with van der Waals surface area (Å²) >= 11 is 1.44. The summed E-state index contributed by atoms with van der Waals surface area (Å²) in [5.74, 6) is 0.523. The zero-order chi connectivity index (χ0) is 16.8. The Morgan fingerprint density at radius 3 is 3.00 bits per heavy atom. The Hall–Kier alpha value is -1.15. The van der Waals surface area contributed by atoms with E-state index in [1.807, 2.05) is 27.1 Å². The van der Waals surface area contributed by atoms with Crippen LogP contribution in [0, 0.1) is 6.92 Å². The molecule has 0 aliphatic carbocycles. The van der Waals surface area contributed by atoms with E-state index in [4.69, 9.17) is 14.2 Å². The molecule has 2 atom stereocenters. The van der Waals surface area contributed by atoms with Crippen LogP contribution in [0.2, 0.25) is 0 Å². The van der Waals surface area contributed by atoms with Crippen molar-refractivity contribution in [3.8, 4) is 5.75 Å². The Morgan fingerprint density at radius 2 is 2.30 bits per heavy atom. The standard InChI is InChI=1S/C16H26N2O4S/c1-11-9-13(20-4)15(23-11)16(19)17-12-5-7-21-10-14(12)22-8-6-18(2)3/h9,12,14H,5-8,10H2,1-4H3,(H,17,19)/t12-,14-/m1/s1. The number of thiophene rings is 1. The van der Waals surface area contributed by atoms with Crippen molar-refractivity contribution in [2.24, 2.45) is 0 Å². The fourth-order valence-corrected chi connectivity index (χ4v) is 3.34. The second kappa shape index (κ2) is 8.63. The van der Waals surface area contributed by atoms with Crippen molar-refractivity contribution < 1.29 is 19.0 Å². The van der Waals surface area contributed by atoms with E-state index in [1.165, 1.54) is 11.3 Å². The Morgan fingerprint density at radius 1 is 1.52 bits per heavy atom. The number of likely N-dealkylation sites (N-methyl/N-ethyl adjacent to an activating group) is 1. The molecule has 7 heteroatoms. The molecule has 1 aliphatic rings. The van der Waals surface area contributed by atoms with Gasteiger partial charge in [-0.3, -0.25) is 4.79 Å². The first-order chi connectivity index (χ1) is 11.0. The number of carbonyl (C=O) groups excluding carboxylic acids is 1. The summed E-state index contributed by atoms with van der Waals surface area (Å²) in [7, 11) is 5.59. The zero-order valence-corrected chi connectivity index (χ0v) is 15.1. The lowest BCUT2D eigenvalue weighted by Crippen LogP contribution is -2.50. The van der Waals surface area contributed by atoms with Crippen molar-refractivity contribution in [3.63, 3.8) is 0 Å². The molecule has 0 radical (unpaired) electrons. The summed E-state index contributed by atoms with van der Waals surface area (Å²) < 4.78 is 16.7. The SMILES string of the molecule is COc1cc(C)sc1C(=O)N[C@@H]1CCOC[C@H]1OCCN(C)C. The smallest absolute Gasteiger partial charge is 0.265 e. The summed E-state index contributed by atoms with van der Waals surface area (Å²) in [6.07, 6.45) is 0.644. The third-order valence-electron chi connectivity index (χ3n) is 3.74. The molecule has 0 spiro atoms. The lowest BCUT2D eigenvalue weighted by Gasteiger charge is -2.32. The third kappa shape index (κ3) is 5.17. The maximum Gasteiger partial charge on any atom is 0.265 e. The van der Waals surface area contributed by atoms with Crippen LogP contribution in [0.15, 0.2) is 6.07 Å². The molecule has 1 aromatic rings. The number of aryl methyl sites for hydroxylation is 1. The Kier molecular flexibility index (Phi) is 6.83. The fourth-order valence-electron chi connectivity index (χ4n) is 2.46. The molecule has 0 aromatic carbocycles. The Labute approximate surface area is 141 Å². The van der Waals surface area contributed by atoms with E-state index in [9.17, 15) is 4.79 Å². The van der Waals surface area contributed by atoms with Gasteiger partial charge in [0.05, 0.1) is 26.4 Å². The highest BCUT2D eigenvalue weighted by Crippen LogP contribution is 2.28. The molecule has 2 heterocycles. The first kappa shape index (κ1) is 18.2. The van der Waals surface area contributed by atoms with Gasteiger partial charge in [-0.05, 0) is 33.5 Å². The van der Waals surface area contributed by atoms with Crippen LogP contribution in [-0.2, 0) is 9.47 Å². The second-order valence-electron chi connectivity index (χ2n) is 5.91. The average Bonchev–Trinajstić information content (AvgIpc) is 2.90. The van der Waals surface area contributed by atoms with Crippen LogP contribution in [0.3, 0.4) is 0 Å². The number of nitrogens with one attached hydrogen (secondary N) is 1. The normalized spacial score (nSPS) is 21.4. The van der Waals surface area contributed by atoms with Gasteiger partial charge in [-0.25, -0.2) is 0 Å². The number of amides is 1. The van der Waals surface area contributed by atoms with Crippen molar-refractivity contribution >= 4 is 17.2 Å². The molecular formula is C16H26N2O4S. The maximum absolute atomic E-state index is 12.5. The molecule has 1 aliphatic heterocycles. The molecule has 1 aromatic heterocycles. The summed E-state index contributed by atoms with van der Waals surface area (Å²) in [6, 6.07) is 1.85. The Bertz CT molecular complexity index is 518. The van der Waals surface area contributed by atoms with Gasteiger partial charge in [-0.15, -0.1) is 11.3 Å². The molecule has 0 bridgehead atoms. The summed E-state index contributed by atoms with van der Waals surface area (Å²) in [4.78, 5) is 16.3. The molecule has 2 rings (SSSR count). The van der Waals surface area contributed by atoms with Gasteiger partial charge in [0, 0.05) is 18.0 Å². The van der Waals surface area contributed by atoms with Gasteiger partial charge in [0.2, 0.25) is 0 Å². The van der Waals surface area contributed by atoms with Crippen molar-refractivity contribution in [2.75, 3.05) is 47.6 Å². The molecule has 1 amide bonds. The van der Waals surface area contributed by atoms with E-state index < -0.39 is 0 Å². The number of hydrogen-bond acceptors (Lipinski definition) is 6. The zero-order valence-electron chi connectivity index (χ0n) is 14.3. The molecular weight excluding hydrogens is 316 g/mol. The first-order valence-corrected chi connectivity index (χ1v) is 8.62. The van der Waals surface area contributed by atoms with Crippen LogP contribution in [0.25, 0.3) is 0 Å². The van der Waals surface area contributed by atoms with E-state index in [1.54, 1.807) is 7.11 Å². The molecule has 6 nitrogen and oxygen atoms in total. The summed E-state index contributed by atoms with van der Waals surface area (Å²) in [5, 5.41) is 3.08. The molecule has 1 N–H and O–H groups in total. The minimum absolute atomic E-state index is 0.0366. The van der Waals surface area contributed by atoms with Crippen molar-refractivity contribution in [1.82, 2.24) is 10.2 Å². The van der Waals surface area contributed by atoms with E-state index in [0.29, 0.717) is 30.4 Å². The van der Waals surface area contributed by atoms with E-state index in [2.05, 4.69) is 10.2 Å². The lowest BCUT2D eigenvalue weighted by atomic mass is 10.1. The molecule has 0 unspecified atom stereocenters. The van der Waals surface area contributed by atoms with Gasteiger partial charge < -0.3 is 24.4 Å². The van der Waals surface area contributed by atoms with E-state index in [-0.39, 0.29) is 18.1 Å². The second-order valence-corrected chi connectivity index (χ2v) is 7.17. The predicted molar refractivity (Wildman–Crippen MR) is 90.6 cm³/mol. The highest BCUT2D eigenvalue weighted by Gasteiger charge is 2.29. The highest BCUT2D eigenvalue weighted by atomic mass is 32.1. The van der Waals surface area contributed by atoms with Crippen molar-refractivity contribution in [2.45, 2.75) is 25.5 Å². The largest absolute Gasteiger partial charge is 0.495 e. The molecule has 130 valence electrons. The summed E-state index contributed by atoms with van der Waals surface area (Å²) in [6.45, 7) is 4.58. The van der Waals surface area contributed by atoms with Crippen LogP contribution >= 0.6 is 11.3 Å². The molecule has 1 fully saturated rings. The minimum atomic E-state index is -0.111. The lowest BCUT2D eigenvalue weighted by molar-refractivity contribution is -0.0690. The molecule has 23 heavy (non-hydrogen) atoms. The number of ether oxygens (including phenoxy) is 3. The number of methoxy groups -OCH3 is 1. The number of hydrogen-bond donors (Lipinski definition) is 1. The highest BCUT2D eigenvalue weighted by molar-refractivity contribution is 7.14. The van der Waals surface area contributed by atoms with Gasteiger partial charge in [-0.2, -0.15) is 0 Å². The Balaban J connectivity index is 1.96. The van der Waals surface area contributed by atoms with Gasteiger partial charge in [0.1, 0.15) is 16.7 Å². The number of carbonyl (C=O) groups is 1.